The number of carbonyl (C=O) groups excluding carboxylic acids is 1. The molecule has 0 fully saturated rings. The maximum atomic E-state index is 11.7. The van der Waals surface area contributed by atoms with Crippen molar-refractivity contribution in [3.63, 3.8) is 0 Å². The van der Waals surface area contributed by atoms with Crippen LogP contribution in [0.5, 0.6) is 0 Å². The molecule has 3 N–H and O–H groups in total. The predicted octanol–water partition coefficient (Wildman–Crippen LogP) is 3.28. The Labute approximate surface area is 128 Å². The van der Waals surface area contributed by atoms with Gasteiger partial charge in [-0.1, -0.05) is 27.7 Å². The number of hydrogen-bond acceptors (Lipinski definition) is 3. The number of rotatable bonds is 7. The molecule has 0 saturated carbocycles. The number of nitrogens with one attached hydrogen (secondary N) is 1. The van der Waals surface area contributed by atoms with Crippen LogP contribution in [-0.2, 0) is 0 Å². The van der Waals surface area contributed by atoms with Crippen LogP contribution in [0.15, 0.2) is 18.2 Å². The van der Waals surface area contributed by atoms with Gasteiger partial charge in [0.15, 0.2) is 0 Å². The molecule has 1 rings (SSSR count). The first kappa shape index (κ1) is 17.3. The van der Waals surface area contributed by atoms with Crippen LogP contribution in [0.3, 0.4) is 0 Å². The van der Waals surface area contributed by atoms with E-state index < -0.39 is 0 Å². The number of carbonyl (C=O) groups is 1. The highest BCUT2D eigenvalue weighted by molar-refractivity contribution is 5.96. The molecule has 0 unspecified atom stereocenters. The first-order valence-electron chi connectivity index (χ1n) is 7.82. The summed E-state index contributed by atoms with van der Waals surface area (Å²) in [6, 6.07) is 6.06. The molecular formula is C17H29N3O. The number of benzene rings is 1. The minimum Gasteiger partial charge on any atom is -0.397 e. The Bertz CT molecular complexity index is 467. The van der Waals surface area contributed by atoms with Crippen LogP contribution in [0, 0.1) is 5.92 Å². The van der Waals surface area contributed by atoms with E-state index in [2.05, 4.69) is 37.9 Å². The van der Waals surface area contributed by atoms with Gasteiger partial charge in [-0.25, -0.2) is 0 Å². The van der Waals surface area contributed by atoms with Crippen molar-refractivity contribution in [3.8, 4) is 0 Å². The molecule has 0 bridgehead atoms. The first-order chi connectivity index (χ1) is 9.94. The first-order valence-corrected chi connectivity index (χ1v) is 7.82. The third kappa shape index (κ3) is 4.38. The SMILES string of the molecule is CCC(CC)N(CC(C)C)c1ccc(C(=O)NC)cc1N. The summed E-state index contributed by atoms with van der Waals surface area (Å²) >= 11 is 0. The second kappa shape index (κ2) is 7.91. The van der Waals surface area contributed by atoms with E-state index in [0.29, 0.717) is 23.2 Å². The van der Waals surface area contributed by atoms with Crippen molar-refractivity contribution in [3.05, 3.63) is 23.8 Å². The number of hydrogen-bond donors (Lipinski definition) is 2. The van der Waals surface area contributed by atoms with Gasteiger partial charge in [-0.05, 0) is 37.0 Å². The Morgan fingerprint density at radius 1 is 1.29 bits per heavy atom. The van der Waals surface area contributed by atoms with Gasteiger partial charge in [0.2, 0.25) is 0 Å². The van der Waals surface area contributed by atoms with Crippen LogP contribution in [0.25, 0.3) is 0 Å². The quantitative estimate of drug-likeness (QED) is 0.758. The van der Waals surface area contributed by atoms with Gasteiger partial charge in [-0.2, -0.15) is 0 Å². The predicted molar refractivity (Wildman–Crippen MR) is 90.8 cm³/mol. The molecule has 118 valence electrons. The van der Waals surface area contributed by atoms with Crippen molar-refractivity contribution >= 4 is 17.3 Å². The molecule has 0 heterocycles. The fourth-order valence-corrected chi connectivity index (χ4v) is 2.67. The van der Waals surface area contributed by atoms with Gasteiger partial charge in [-0.3, -0.25) is 4.79 Å². The molecule has 4 heteroatoms. The van der Waals surface area contributed by atoms with E-state index >= 15 is 0 Å². The lowest BCUT2D eigenvalue weighted by molar-refractivity contribution is 0.0963. The van der Waals surface area contributed by atoms with Crippen molar-refractivity contribution in [2.75, 3.05) is 24.2 Å². The lowest BCUT2D eigenvalue weighted by Crippen LogP contribution is -2.38. The van der Waals surface area contributed by atoms with E-state index in [1.165, 1.54) is 0 Å². The van der Waals surface area contributed by atoms with Gasteiger partial charge in [-0.15, -0.1) is 0 Å². The molecule has 0 atom stereocenters. The minimum atomic E-state index is -0.105. The molecule has 1 amide bonds. The Hall–Kier alpha value is -1.71. The van der Waals surface area contributed by atoms with Crippen molar-refractivity contribution in [2.45, 2.75) is 46.6 Å². The van der Waals surface area contributed by atoms with E-state index in [9.17, 15) is 4.79 Å². The number of nitrogen functional groups attached to an aromatic ring is 1. The maximum absolute atomic E-state index is 11.7. The summed E-state index contributed by atoms with van der Waals surface area (Å²) in [6.07, 6.45) is 2.17. The van der Waals surface area contributed by atoms with Gasteiger partial charge in [0.05, 0.1) is 11.4 Å². The third-order valence-electron chi connectivity index (χ3n) is 3.77. The average molecular weight is 291 g/mol. The summed E-state index contributed by atoms with van der Waals surface area (Å²) in [5.74, 6) is 0.454. The molecule has 4 nitrogen and oxygen atoms in total. The molecule has 0 aliphatic carbocycles. The largest absolute Gasteiger partial charge is 0.397 e. The lowest BCUT2D eigenvalue weighted by atomic mass is 10.0. The van der Waals surface area contributed by atoms with Crippen LogP contribution < -0.4 is 16.0 Å². The van der Waals surface area contributed by atoms with Crippen LogP contribution in [0.2, 0.25) is 0 Å². The van der Waals surface area contributed by atoms with E-state index in [1.807, 2.05) is 12.1 Å². The fraction of sp³-hybridized carbons (Fsp3) is 0.588. The highest BCUT2D eigenvalue weighted by atomic mass is 16.1. The molecule has 0 radical (unpaired) electrons. The van der Waals surface area contributed by atoms with Crippen molar-refractivity contribution < 1.29 is 4.79 Å². The highest BCUT2D eigenvalue weighted by Gasteiger charge is 2.19. The Morgan fingerprint density at radius 3 is 2.33 bits per heavy atom. The third-order valence-corrected chi connectivity index (χ3v) is 3.77. The number of amides is 1. The van der Waals surface area contributed by atoms with Crippen molar-refractivity contribution in [2.24, 2.45) is 5.92 Å². The molecule has 0 spiro atoms. The van der Waals surface area contributed by atoms with Crippen molar-refractivity contribution in [1.29, 1.82) is 0 Å². The Balaban J connectivity index is 3.15. The van der Waals surface area contributed by atoms with Gasteiger partial charge >= 0.3 is 0 Å². The zero-order valence-corrected chi connectivity index (χ0v) is 13.9. The normalized spacial score (nSPS) is 11.0. The minimum absolute atomic E-state index is 0.105. The zero-order valence-electron chi connectivity index (χ0n) is 13.9. The summed E-state index contributed by atoms with van der Waals surface area (Å²) in [7, 11) is 1.63. The fourth-order valence-electron chi connectivity index (χ4n) is 2.67. The standard InChI is InChI=1S/C17H29N3O/c1-6-14(7-2)20(11-12(3)4)16-9-8-13(10-15(16)18)17(21)19-5/h8-10,12,14H,6-7,11,18H2,1-5H3,(H,19,21). The Kier molecular flexibility index (Phi) is 6.53. The molecule has 21 heavy (non-hydrogen) atoms. The summed E-state index contributed by atoms with van der Waals surface area (Å²) in [6.45, 7) is 9.80. The molecule has 0 aromatic heterocycles. The second-order valence-corrected chi connectivity index (χ2v) is 5.87. The maximum Gasteiger partial charge on any atom is 0.251 e. The molecular weight excluding hydrogens is 262 g/mol. The lowest BCUT2D eigenvalue weighted by Gasteiger charge is -2.35. The topological polar surface area (TPSA) is 58.4 Å². The van der Waals surface area contributed by atoms with Crippen molar-refractivity contribution in [1.82, 2.24) is 5.32 Å². The monoisotopic (exact) mass is 291 g/mol. The molecule has 0 saturated heterocycles. The van der Waals surface area contributed by atoms with Gasteiger partial charge in [0, 0.05) is 25.2 Å². The van der Waals surface area contributed by atoms with Crippen LogP contribution in [0.1, 0.15) is 50.9 Å². The molecule has 0 aliphatic heterocycles. The summed E-state index contributed by atoms with van der Waals surface area (Å²) in [5, 5.41) is 2.63. The van der Waals surface area contributed by atoms with Crippen LogP contribution in [-0.4, -0.2) is 25.5 Å². The number of nitrogens with two attached hydrogens (primary N) is 1. The smallest absolute Gasteiger partial charge is 0.251 e. The van der Waals surface area contributed by atoms with E-state index in [-0.39, 0.29) is 5.91 Å². The molecule has 1 aromatic rings. The summed E-state index contributed by atoms with van der Waals surface area (Å²) in [4.78, 5) is 14.1. The highest BCUT2D eigenvalue weighted by Crippen LogP contribution is 2.29. The van der Waals surface area contributed by atoms with E-state index in [4.69, 9.17) is 5.73 Å². The summed E-state index contributed by atoms with van der Waals surface area (Å²) in [5.41, 5.74) is 8.52. The zero-order chi connectivity index (χ0) is 16.0. The number of nitrogens with zero attached hydrogens (tertiary/aromatic N) is 1. The summed E-state index contributed by atoms with van der Waals surface area (Å²) < 4.78 is 0. The van der Waals surface area contributed by atoms with Gasteiger partial charge < -0.3 is 16.0 Å². The van der Waals surface area contributed by atoms with Crippen LogP contribution >= 0.6 is 0 Å². The van der Waals surface area contributed by atoms with Gasteiger partial charge in [0.25, 0.3) is 5.91 Å². The second-order valence-electron chi connectivity index (χ2n) is 5.87. The van der Waals surface area contributed by atoms with E-state index in [1.54, 1.807) is 13.1 Å². The molecule has 1 aromatic carbocycles. The van der Waals surface area contributed by atoms with Gasteiger partial charge in [0.1, 0.15) is 0 Å². The van der Waals surface area contributed by atoms with Crippen LogP contribution in [0.4, 0.5) is 11.4 Å². The number of anilines is 2. The Morgan fingerprint density at radius 2 is 1.90 bits per heavy atom. The average Bonchev–Trinajstić information content (AvgIpc) is 2.46. The van der Waals surface area contributed by atoms with E-state index in [0.717, 1.165) is 25.1 Å². The molecule has 0 aliphatic rings.